The van der Waals surface area contributed by atoms with Crippen LogP contribution in [0.3, 0.4) is 0 Å². The number of nitrogens with one attached hydrogen (secondary N) is 3. The molecule has 2 aromatic heterocycles. The van der Waals surface area contributed by atoms with Crippen LogP contribution in [0.15, 0.2) is 36.4 Å². The van der Waals surface area contributed by atoms with Crippen molar-refractivity contribution in [2.45, 2.75) is 115 Å². The normalized spacial score (nSPS) is 23.9. The van der Waals surface area contributed by atoms with Gasteiger partial charge in [0.25, 0.3) is 0 Å². The first-order valence-electron chi connectivity index (χ1n) is 21.9. The zero-order chi connectivity index (χ0) is 45.4. The van der Waals surface area contributed by atoms with Gasteiger partial charge in [-0.05, 0) is 97.9 Å². The molecule has 5 heterocycles. The largest absolute Gasteiger partial charge is 0.388 e. The van der Waals surface area contributed by atoms with Gasteiger partial charge >= 0.3 is 0 Å². The predicted molar refractivity (Wildman–Crippen MR) is 231 cm³/mol. The molecule has 10 N–H and O–H groups in total. The number of rotatable bonds is 14. The van der Waals surface area contributed by atoms with Crippen LogP contribution in [0.2, 0.25) is 0 Å². The van der Waals surface area contributed by atoms with Crippen molar-refractivity contribution in [1.82, 2.24) is 30.0 Å². The number of aliphatic hydroxyl groups is 3. The minimum atomic E-state index is -1.69. The lowest BCUT2D eigenvalue weighted by molar-refractivity contribution is -0.209. The number of amides is 4. The highest BCUT2D eigenvalue weighted by Gasteiger charge is 2.43. The average Bonchev–Trinajstić information content (AvgIpc) is 4.05. The number of aromatic amines is 1. The zero-order valence-electron chi connectivity index (χ0n) is 36.2. The van der Waals surface area contributed by atoms with Crippen LogP contribution in [0.1, 0.15) is 70.7 Å². The van der Waals surface area contributed by atoms with Gasteiger partial charge in [-0.3, -0.25) is 19.2 Å². The summed E-state index contributed by atoms with van der Waals surface area (Å²) in [5, 5.41) is 40.0. The maximum Gasteiger partial charge on any atom is 0.245 e. The summed E-state index contributed by atoms with van der Waals surface area (Å²) in [4.78, 5) is 60.5. The molecule has 3 saturated heterocycles. The smallest absolute Gasteiger partial charge is 0.245 e. The number of aliphatic hydroxyl groups excluding tert-OH is 3. The third-order valence-corrected chi connectivity index (χ3v) is 13.0. The Kier molecular flexibility index (Phi) is 13.9. The number of likely N-dealkylation sites (tertiary alicyclic amines) is 2. The van der Waals surface area contributed by atoms with Crippen LogP contribution in [0.4, 0.5) is 8.78 Å². The molecule has 8 atom stereocenters. The second-order valence-electron chi connectivity index (χ2n) is 17.8. The van der Waals surface area contributed by atoms with Crippen LogP contribution >= 0.6 is 0 Å². The summed E-state index contributed by atoms with van der Waals surface area (Å²) in [6, 6.07) is 6.11. The van der Waals surface area contributed by atoms with Crippen molar-refractivity contribution in [1.29, 1.82) is 0 Å². The number of nitrogens with zero attached hydrogens (tertiary/aromatic N) is 3. The molecule has 0 bridgehead atoms. The van der Waals surface area contributed by atoms with Gasteiger partial charge in [0.2, 0.25) is 23.6 Å². The van der Waals surface area contributed by atoms with Gasteiger partial charge in [0, 0.05) is 41.5 Å². The molecule has 0 saturated carbocycles. The Bertz CT molecular complexity index is 2350. The van der Waals surface area contributed by atoms with Crippen molar-refractivity contribution in [3.63, 3.8) is 0 Å². The molecule has 4 amide bonds. The SMILES string of the molecule is CC(C)[C@H](NC(=O)CN)C(=O)N1CCC[C@H]1Cc1c(-c2c(C[C@@H]3CCCN3C(=O)[C@@H](NC(=O)CN)C(C)C)c3ccc(F)cc3n2C2OC[C@@H](O)[C@H](O)[C@H]2O)[nH]c2cc(F)ccc12. The van der Waals surface area contributed by atoms with Crippen LogP contribution in [0, 0.1) is 23.5 Å². The predicted octanol–water partition coefficient (Wildman–Crippen LogP) is 1.95. The summed E-state index contributed by atoms with van der Waals surface area (Å²) >= 11 is 0. The van der Waals surface area contributed by atoms with E-state index in [1.54, 1.807) is 26.5 Å². The monoisotopic (exact) mass is 878 g/mol. The highest BCUT2D eigenvalue weighted by molar-refractivity contribution is 5.97. The van der Waals surface area contributed by atoms with Crippen LogP contribution in [-0.2, 0) is 36.8 Å². The van der Waals surface area contributed by atoms with Crippen molar-refractivity contribution in [2.24, 2.45) is 23.3 Å². The highest BCUT2D eigenvalue weighted by atomic mass is 19.1. The van der Waals surface area contributed by atoms with Gasteiger partial charge < -0.3 is 61.5 Å². The Morgan fingerprint density at radius 1 is 0.778 bits per heavy atom. The van der Waals surface area contributed by atoms with Crippen LogP contribution in [0.5, 0.6) is 0 Å². The Labute approximate surface area is 364 Å². The molecule has 7 rings (SSSR count). The molecule has 342 valence electrons. The van der Waals surface area contributed by atoms with Crippen molar-refractivity contribution in [3.8, 4) is 11.4 Å². The van der Waals surface area contributed by atoms with E-state index in [1.165, 1.54) is 24.3 Å². The Morgan fingerprint density at radius 3 is 1.84 bits per heavy atom. The number of halogens is 2. The van der Waals surface area contributed by atoms with Crippen molar-refractivity contribution in [2.75, 3.05) is 32.8 Å². The van der Waals surface area contributed by atoms with E-state index in [1.807, 2.05) is 27.7 Å². The molecule has 3 aliphatic rings. The minimum absolute atomic E-state index is 0.216. The molecule has 63 heavy (non-hydrogen) atoms. The molecule has 3 fully saturated rings. The van der Waals surface area contributed by atoms with E-state index in [0.29, 0.717) is 83.1 Å². The number of fused-ring (bicyclic) bond motifs is 2. The lowest BCUT2D eigenvalue weighted by atomic mass is 9.94. The lowest BCUT2D eigenvalue weighted by Crippen LogP contribution is -2.53. The van der Waals surface area contributed by atoms with E-state index >= 15 is 8.78 Å². The Hall–Kier alpha value is -4.98. The van der Waals surface area contributed by atoms with Gasteiger partial charge in [-0.25, -0.2) is 8.78 Å². The third-order valence-electron chi connectivity index (χ3n) is 13.0. The topological polar surface area (TPSA) is 241 Å². The number of ether oxygens (including phenoxy) is 1. The summed E-state index contributed by atoms with van der Waals surface area (Å²) in [6.45, 7) is 7.28. The van der Waals surface area contributed by atoms with Gasteiger partial charge in [-0.1, -0.05) is 27.7 Å². The third kappa shape index (κ3) is 9.06. The van der Waals surface area contributed by atoms with Gasteiger partial charge in [-0.2, -0.15) is 0 Å². The number of carbonyl (C=O) groups excluding carboxylic acids is 4. The lowest BCUT2D eigenvalue weighted by Gasteiger charge is -2.37. The molecule has 3 aliphatic heterocycles. The average molecular weight is 879 g/mol. The number of aromatic nitrogens is 2. The number of hydrogen-bond donors (Lipinski definition) is 8. The quantitative estimate of drug-likeness (QED) is 0.0916. The molecular weight excluding hydrogens is 819 g/mol. The van der Waals surface area contributed by atoms with Crippen molar-refractivity contribution < 1.29 is 48.0 Å². The second kappa shape index (κ2) is 19.0. The highest BCUT2D eigenvalue weighted by Crippen LogP contribution is 2.44. The van der Waals surface area contributed by atoms with E-state index in [9.17, 15) is 34.5 Å². The fourth-order valence-electron chi connectivity index (χ4n) is 9.75. The van der Waals surface area contributed by atoms with E-state index < -0.39 is 66.1 Å². The van der Waals surface area contributed by atoms with Crippen molar-refractivity contribution in [3.05, 3.63) is 59.2 Å². The van der Waals surface area contributed by atoms with E-state index in [0.717, 1.165) is 0 Å². The number of benzene rings is 2. The molecule has 0 radical (unpaired) electrons. The first-order chi connectivity index (χ1) is 30.0. The summed E-state index contributed by atoms with van der Waals surface area (Å²) in [5.74, 6) is -3.07. The second-order valence-corrected chi connectivity index (χ2v) is 17.8. The Balaban J connectivity index is 1.42. The maximum absolute atomic E-state index is 15.5. The molecule has 4 aromatic rings. The first-order valence-corrected chi connectivity index (χ1v) is 21.9. The summed E-state index contributed by atoms with van der Waals surface area (Å²) in [5.41, 5.74) is 14.1. The minimum Gasteiger partial charge on any atom is -0.388 e. The van der Waals surface area contributed by atoms with E-state index in [4.69, 9.17) is 16.2 Å². The maximum atomic E-state index is 15.5. The van der Waals surface area contributed by atoms with Gasteiger partial charge in [0.05, 0.1) is 36.6 Å². The molecule has 0 aliphatic carbocycles. The van der Waals surface area contributed by atoms with Crippen LogP contribution in [0.25, 0.3) is 33.2 Å². The summed E-state index contributed by atoms with van der Waals surface area (Å²) < 4.78 is 38.4. The van der Waals surface area contributed by atoms with E-state index in [-0.39, 0.29) is 62.2 Å². The Morgan fingerprint density at radius 2 is 1.30 bits per heavy atom. The van der Waals surface area contributed by atoms with Gasteiger partial charge in [-0.15, -0.1) is 0 Å². The van der Waals surface area contributed by atoms with Crippen molar-refractivity contribution >= 4 is 45.4 Å². The fraction of sp³-hybridized carbons (Fsp3) is 0.556. The summed E-state index contributed by atoms with van der Waals surface area (Å²) in [7, 11) is 0. The van der Waals surface area contributed by atoms with Gasteiger partial charge in [0.1, 0.15) is 42.0 Å². The number of H-pyrrole nitrogens is 1. The number of carbonyl (C=O) groups is 4. The standard InChI is InChI=1S/C45H60F2N8O8/c1-22(2)37(51-35(57)19-48)43(61)53-13-5-7-26(53)17-30-28-11-9-24(46)15-32(28)50-39(30)40-31(18-27-8-6-14-54(27)44(62)38(23(3)4)52-36(58)20-49)29-12-10-25(47)16-33(29)55(40)45-42(60)41(59)34(56)21-63-45/h9-12,15-16,22-23,26-27,34,37-38,41-42,45,50,56,59-60H,5-8,13-14,17-21,48-49H2,1-4H3,(H,51,57)(H,52,58)/t26-,27-,34+,37-,38-,41-,42+,45?/m0/s1. The summed E-state index contributed by atoms with van der Waals surface area (Å²) in [6.07, 6.45) is -3.06. The molecule has 2 aromatic carbocycles. The van der Waals surface area contributed by atoms with E-state index in [2.05, 4.69) is 15.6 Å². The molecule has 18 heteroatoms. The first kappa shape index (κ1) is 46.0. The van der Waals surface area contributed by atoms with Crippen LogP contribution < -0.4 is 22.1 Å². The molecule has 1 unspecified atom stereocenters. The van der Waals surface area contributed by atoms with Gasteiger partial charge in [0.15, 0.2) is 6.23 Å². The number of hydrogen-bond acceptors (Lipinski definition) is 10. The molecular formula is C45H60F2N8O8. The zero-order valence-corrected chi connectivity index (χ0v) is 36.2. The molecule has 0 spiro atoms. The van der Waals surface area contributed by atoms with Crippen LogP contribution in [-0.4, -0.2) is 134 Å². The number of nitrogens with two attached hydrogens (primary N) is 2. The fourth-order valence-corrected chi connectivity index (χ4v) is 9.75. The molecule has 16 nitrogen and oxygen atoms in total.